The number of carbonyl (C=O) groups excluding carboxylic acids is 1. The van der Waals surface area contributed by atoms with Gasteiger partial charge in [0.15, 0.2) is 0 Å². The van der Waals surface area contributed by atoms with E-state index >= 15 is 0 Å². The molecule has 1 saturated carbocycles. The van der Waals surface area contributed by atoms with Crippen LogP contribution in [-0.4, -0.2) is 24.1 Å². The van der Waals surface area contributed by atoms with E-state index in [4.69, 9.17) is 9.84 Å². The first-order valence-corrected chi connectivity index (χ1v) is 7.18. The molecule has 0 aromatic heterocycles. The van der Waals surface area contributed by atoms with Crippen LogP contribution in [0.1, 0.15) is 37.8 Å². The number of amides is 1. The van der Waals surface area contributed by atoms with Gasteiger partial charge in [-0.2, -0.15) is 0 Å². The van der Waals surface area contributed by atoms with E-state index in [1.54, 1.807) is 7.11 Å². The Morgan fingerprint density at radius 1 is 1.24 bits per heavy atom. The Labute approximate surface area is 124 Å². The number of benzene rings is 1. The van der Waals surface area contributed by atoms with Gasteiger partial charge in [-0.25, -0.2) is 0 Å². The second-order valence-corrected chi connectivity index (χ2v) is 5.55. The zero-order valence-corrected chi connectivity index (χ0v) is 12.3. The molecule has 2 rings (SSSR count). The molecule has 0 radical (unpaired) electrons. The summed E-state index contributed by atoms with van der Waals surface area (Å²) in [5.74, 6) is -0.642. The smallest absolute Gasteiger partial charge is 0.306 e. The summed E-state index contributed by atoms with van der Waals surface area (Å²) in [6.45, 7) is 1.92. The van der Waals surface area contributed by atoms with Crippen LogP contribution in [0.15, 0.2) is 24.3 Å². The summed E-state index contributed by atoms with van der Waals surface area (Å²) >= 11 is 0. The number of hydrogen-bond acceptors (Lipinski definition) is 3. The van der Waals surface area contributed by atoms with Crippen LogP contribution in [0.2, 0.25) is 0 Å². The van der Waals surface area contributed by atoms with Gasteiger partial charge in [-0.1, -0.05) is 12.1 Å². The van der Waals surface area contributed by atoms with Gasteiger partial charge in [-0.15, -0.1) is 0 Å². The predicted molar refractivity (Wildman–Crippen MR) is 78.0 cm³/mol. The van der Waals surface area contributed by atoms with E-state index in [9.17, 15) is 9.59 Å². The number of nitrogens with one attached hydrogen (secondary N) is 1. The average molecular weight is 291 g/mol. The van der Waals surface area contributed by atoms with Gasteiger partial charge in [0.2, 0.25) is 5.91 Å². The number of ether oxygens (including phenoxy) is 1. The summed E-state index contributed by atoms with van der Waals surface area (Å²) in [5.41, 5.74) is 0.997. The number of carbonyl (C=O) groups is 2. The lowest BCUT2D eigenvalue weighted by Crippen LogP contribution is -2.32. The van der Waals surface area contributed by atoms with Crippen LogP contribution in [0, 0.1) is 11.8 Å². The van der Waals surface area contributed by atoms with Crippen molar-refractivity contribution in [1.82, 2.24) is 5.32 Å². The van der Waals surface area contributed by atoms with E-state index in [2.05, 4.69) is 5.32 Å². The Bertz CT molecular complexity index is 512. The van der Waals surface area contributed by atoms with Crippen molar-refractivity contribution < 1.29 is 19.4 Å². The summed E-state index contributed by atoms with van der Waals surface area (Å²) in [6, 6.07) is 7.44. The first kappa shape index (κ1) is 15.4. The number of methoxy groups -OCH3 is 1. The van der Waals surface area contributed by atoms with Crippen molar-refractivity contribution in [2.45, 2.75) is 32.2 Å². The molecule has 1 aliphatic rings. The van der Waals surface area contributed by atoms with Crippen molar-refractivity contribution in [1.29, 1.82) is 0 Å². The van der Waals surface area contributed by atoms with Gasteiger partial charge in [-0.3, -0.25) is 9.59 Å². The lowest BCUT2D eigenvalue weighted by molar-refractivity contribution is -0.141. The minimum atomic E-state index is -0.798. The monoisotopic (exact) mass is 291 g/mol. The van der Waals surface area contributed by atoms with Crippen molar-refractivity contribution in [3.05, 3.63) is 29.8 Å². The minimum absolute atomic E-state index is 0.0536. The molecule has 1 aromatic carbocycles. The largest absolute Gasteiger partial charge is 0.497 e. The molecule has 1 fully saturated rings. The molecule has 0 spiro atoms. The highest BCUT2D eigenvalue weighted by molar-refractivity contribution is 5.81. The fourth-order valence-corrected chi connectivity index (χ4v) is 2.75. The third-order valence-electron chi connectivity index (χ3n) is 4.13. The Morgan fingerprint density at radius 2 is 1.86 bits per heavy atom. The molecular formula is C16H21NO4. The quantitative estimate of drug-likeness (QED) is 0.873. The van der Waals surface area contributed by atoms with Crippen LogP contribution < -0.4 is 10.1 Å². The zero-order chi connectivity index (χ0) is 15.4. The van der Waals surface area contributed by atoms with E-state index in [-0.39, 0.29) is 23.8 Å². The fourth-order valence-electron chi connectivity index (χ4n) is 2.75. The highest BCUT2D eigenvalue weighted by Gasteiger charge is 2.34. The van der Waals surface area contributed by atoms with E-state index in [1.165, 1.54) is 0 Å². The van der Waals surface area contributed by atoms with Crippen LogP contribution >= 0.6 is 0 Å². The molecule has 0 bridgehead atoms. The number of rotatable bonds is 5. The molecule has 2 N–H and O–H groups in total. The summed E-state index contributed by atoms with van der Waals surface area (Å²) in [7, 11) is 1.61. The van der Waals surface area contributed by atoms with Crippen LogP contribution in [0.4, 0.5) is 0 Å². The number of carboxylic acids is 1. The molecule has 114 valence electrons. The molecule has 3 atom stereocenters. The Balaban J connectivity index is 1.91. The molecule has 5 heteroatoms. The highest BCUT2D eigenvalue weighted by Crippen LogP contribution is 2.31. The number of carboxylic acid groups (broad SMARTS) is 1. The molecule has 0 aliphatic heterocycles. The molecule has 1 aromatic rings. The maximum atomic E-state index is 12.2. The third-order valence-corrected chi connectivity index (χ3v) is 4.13. The second kappa shape index (κ2) is 6.61. The first-order valence-electron chi connectivity index (χ1n) is 7.18. The third kappa shape index (κ3) is 3.74. The fraction of sp³-hybridized carbons (Fsp3) is 0.500. The van der Waals surface area contributed by atoms with Gasteiger partial charge in [-0.05, 0) is 43.9 Å². The predicted octanol–water partition coefficient (Wildman–Crippen LogP) is 2.37. The number of aliphatic carboxylic acids is 1. The minimum Gasteiger partial charge on any atom is -0.497 e. The molecule has 5 nitrogen and oxygen atoms in total. The van der Waals surface area contributed by atoms with E-state index < -0.39 is 5.97 Å². The van der Waals surface area contributed by atoms with Gasteiger partial charge in [0.1, 0.15) is 5.75 Å². The highest BCUT2D eigenvalue weighted by atomic mass is 16.5. The van der Waals surface area contributed by atoms with Crippen molar-refractivity contribution in [2.24, 2.45) is 11.8 Å². The van der Waals surface area contributed by atoms with Crippen LogP contribution in [0.3, 0.4) is 0 Å². The van der Waals surface area contributed by atoms with E-state index in [0.29, 0.717) is 19.3 Å². The zero-order valence-electron chi connectivity index (χ0n) is 12.3. The molecule has 1 amide bonds. The lowest BCUT2D eigenvalue weighted by atomic mass is 10.0. The van der Waals surface area contributed by atoms with E-state index in [1.807, 2.05) is 31.2 Å². The summed E-state index contributed by atoms with van der Waals surface area (Å²) in [5, 5.41) is 11.9. The summed E-state index contributed by atoms with van der Waals surface area (Å²) in [4.78, 5) is 23.1. The van der Waals surface area contributed by atoms with Crippen molar-refractivity contribution in [3.8, 4) is 5.75 Å². The Morgan fingerprint density at radius 3 is 2.38 bits per heavy atom. The Hall–Kier alpha value is -2.04. The SMILES string of the molecule is COc1ccc([C@@H](C)NC(=O)C2CCC(C(=O)O)C2)cc1. The first-order chi connectivity index (χ1) is 10.0. The topological polar surface area (TPSA) is 75.6 Å². The van der Waals surface area contributed by atoms with Crippen LogP contribution in [0.5, 0.6) is 5.75 Å². The molecular weight excluding hydrogens is 270 g/mol. The standard InChI is InChI=1S/C16H21NO4/c1-10(11-5-7-14(21-2)8-6-11)17-15(18)12-3-4-13(9-12)16(19)20/h5-8,10,12-13H,3-4,9H2,1-2H3,(H,17,18)(H,19,20)/t10-,12?,13?/m1/s1. The van der Waals surface area contributed by atoms with Gasteiger partial charge in [0, 0.05) is 5.92 Å². The summed E-state index contributed by atoms with van der Waals surface area (Å²) < 4.78 is 5.10. The second-order valence-electron chi connectivity index (χ2n) is 5.55. The molecule has 2 unspecified atom stereocenters. The Kier molecular flexibility index (Phi) is 4.83. The number of hydrogen-bond donors (Lipinski definition) is 2. The van der Waals surface area contributed by atoms with Crippen molar-refractivity contribution >= 4 is 11.9 Å². The van der Waals surface area contributed by atoms with Gasteiger partial charge in [0.05, 0.1) is 19.1 Å². The van der Waals surface area contributed by atoms with Crippen molar-refractivity contribution in [3.63, 3.8) is 0 Å². The molecule has 1 aliphatic carbocycles. The van der Waals surface area contributed by atoms with Gasteiger partial charge >= 0.3 is 5.97 Å². The molecule has 21 heavy (non-hydrogen) atoms. The van der Waals surface area contributed by atoms with Crippen LogP contribution in [0.25, 0.3) is 0 Å². The van der Waals surface area contributed by atoms with Gasteiger partial charge in [0.25, 0.3) is 0 Å². The van der Waals surface area contributed by atoms with Gasteiger partial charge < -0.3 is 15.2 Å². The maximum Gasteiger partial charge on any atom is 0.306 e. The van der Waals surface area contributed by atoms with E-state index in [0.717, 1.165) is 11.3 Å². The molecule has 0 saturated heterocycles. The van der Waals surface area contributed by atoms with Crippen LogP contribution in [-0.2, 0) is 9.59 Å². The molecule has 0 heterocycles. The summed E-state index contributed by atoms with van der Waals surface area (Å²) in [6.07, 6.45) is 1.68. The normalized spacial score (nSPS) is 22.6. The van der Waals surface area contributed by atoms with Crippen molar-refractivity contribution in [2.75, 3.05) is 7.11 Å². The lowest BCUT2D eigenvalue weighted by Gasteiger charge is -2.17. The average Bonchev–Trinajstić information content (AvgIpc) is 2.97. The maximum absolute atomic E-state index is 12.2.